The van der Waals surface area contributed by atoms with Crippen LogP contribution in [0.5, 0.6) is 0 Å². The molecule has 0 saturated heterocycles. The Bertz CT molecular complexity index is 507. The first kappa shape index (κ1) is 16.1. The summed E-state index contributed by atoms with van der Waals surface area (Å²) in [5, 5.41) is 6.25. The molecule has 0 spiro atoms. The highest BCUT2D eigenvalue weighted by atomic mass is 32.2. The molecule has 8 heteroatoms. The first-order valence-electron chi connectivity index (χ1n) is 6.05. The van der Waals surface area contributed by atoms with Crippen molar-refractivity contribution in [1.82, 2.24) is 19.8 Å². The minimum Gasteiger partial charge on any atom is -0.326 e. The number of rotatable bonds is 7. The fourth-order valence-corrected chi connectivity index (χ4v) is 3.33. The van der Waals surface area contributed by atoms with Crippen LogP contribution < -0.4 is 10.5 Å². The Morgan fingerprint density at radius 3 is 2.63 bits per heavy atom. The summed E-state index contributed by atoms with van der Waals surface area (Å²) in [4.78, 5) is 2.02. The van der Waals surface area contributed by atoms with E-state index in [2.05, 4.69) is 14.9 Å². The summed E-state index contributed by atoms with van der Waals surface area (Å²) in [7, 11) is 0.317. The standard InChI is InChI=1S/C11H23N5O2S/c1-11(2,8-16(3)4)7-14-19(17,18)10-9(5-12)6-13-15-10/h6,14H,5,7-8,12H2,1-4H3,(H,13,15). The molecule has 0 aliphatic carbocycles. The Labute approximate surface area is 114 Å². The topological polar surface area (TPSA) is 104 Å². The van der Waals surface area contributed by atoms with E-state index in [9.17, 15) is 8.42 Å². The van der Waals surface area contributed by atoms with Gasteiger partial charge in [0.05, 0.1) is 6.20 Å². The fourth-order valence-electron chi connectivity index (χ4n) is 1.95. The zero-order chi connectivity index (χ0) is 14.7. The van der Waals surface area contributed by atoms with Gasteiger partial charge in [-0.25, -0.2) is 13.1 Å². The second-order valence-electron chi connectivity index (χ2n) is 5.66. The molecule has 1 rings (SSSR count). The molecule has 0 aromatic carbocycles. The van der Waals surface area contributed by atoms with Crippen LogP contribution in [0.4, 0.5) is 0 Å². The molecule has 0 aliphatic rings. The summed E-state index contributed by atoms with van der Waals surface area (Å²) in [5.41, 5.74) is 5.80. The van der Waals surface area contributed by atoms with Crippen LogP contribution in [-0.2, 0) is 16.6 Å². The Morgan fingerprint density at radius 1 is 1.47 bits per heavy atom. The van der Waals surface area contributed by atoms with E-state index in [0.29, 0.717) is 12.1 Å². The van der Waals surface area contributed by atoms with Crippen molar-refractivity contribution >= 4 is 10.0 Å². The number of nitrogens with two attached hydrogens (primary N) is 1. The van der Waals surface area contributed by atoms with Crippen molar-refractivity contribution in [3.8, 4) is 0 Å². The summed E-state index contributed by atoms with van der Waals surface area (Å²) >= 11 is 0. The van der Waals surface area contributed by atoms with E-state index in [4.69, 9.17) is 5.73 Å². The lowest BCUT2D eigenvalue weighted by Gasteiger charge is -2.28. The summed E-state index contributed by atoms with van der Waals surface area (Å²) in [6, 6.07) is 0. The highest BCUT2D eigenvalue weighted by molar-refractivity contribution is 7.89. The molecule has 110 valence electrons. The molecule has 1 aromatic heterocycles. The Hall–Kier alpha value is -0.960. The number of aromatic amines is 1. The zero-order valence-corrected chi connectivity index (χ0v) is 12.7. The van der Waals surface area contributed by atoms with Gasteiger partial charge >= 0.3 is 0 Å². The molecule has 0 fully saturated rings. The third-order valence-corrected chi connectivity index (χ3v) is 4.07. The maximum absolute atomic E-state index is 12.2. The van der Waals surface area contributed by atoms with Crippen LogP contribution in [-0.4, -0.2) is 50.7 Å². The zero-order valence-electron chi connectivity index (χ0n) is 11.9. The van der Waals surface area contributed by atoms with Gasteiger partial charge in [0.1, 0.15) is 0 Å². The van der Waals surface area contributed by atoms with Crippen molar-refractivity contribution in [2.24, 2.45) is 11.1 Å². The van der Waals surface area contributed by atoms with E-state index in [1.165, 1.54) is 6.20 Å². The van der Waals surface area contributed by atoms with Crippen molar-refractivity contribution in [3.63, 3.8) is 0 Å². The predicted molar refractivity (Wildman–Crippen MR) is 74.0 cm³/mol. The summed E-state index contributed by atoms with van der Waals surface area (Å²) in [6.07, 6.45) is 1.43. The quantitative estimate of drug-likeness (QED) is 0.641. The molecule has 1 aromatic rings. The average Bonchev–Trinajstić information content (AvgIpc) is 2.74. The Kier molecular flexibility index (Phi) is 5.08. The van der Waals surface area contributed by atoms with E-state index < -0.39 is 10.0 Å². The van der Waals surface area contributed by atoms with Crippen LogP contribution in [0, 0.1) is 5.41 Å². The molecule has 0 amide bonds. The molecule has 0 atom stereocenters. The number of aromatic nitrogens is 2. The number of sulfonamides is 1. The van der Waals surface area contributed by atoms with Crippen LogP contribution >= 0.6 is 0 Å². The van der Waals surface area contributed by atoms with Gasteiger partial charge in [0.15, 0.2) is 5.03 Å². The van der Waals surface area contributed by atoms with Crippen LogP contribution in [0.25, 0.3) is 0 Å². The van der Waals surface area contributed by atoms with Crippen LogP contribution in [0.2, 0.25) is 0 Å². The molecule has 0 unspecified atom stereocenters. The van der Waals surface area contributed by atoms with Gasteiger partial charge in [-0.15, -0.1) is 0 Å². The maximum atomic E-state index is 12.2. The van der Waals surface area contributed by atoms with Gasteiger partial charge in [-0.3, -0.25) is 5.10 Å². The van der Waals surface area contributed by atoms with Crippen molar-refractivity contribution in [1.29, 1.82) is 0 Å². The van der Waals surface area contributed by atoms with E-state index in [0.717, 1.165) is 6.54 Å². The van der Waals surface area contributed by atoms with E-state index in [-0.39, 0.29) is 17.0 Å². The molecule has 1 heterocycles. The maximum Gasteiger partial charge on any atom is 0.257 e. The number of hydrogen-bond acceptors (Lipinski definition) is 5. The molecule has 19 heavy (non-hydrogen) atoms. The highest BCUT2D eigenvalue weighted by Gasteiger charge is 2.25. The van der Waals surface area contributed by atoms with Gasteiger partial charge in [0.25, 0.3) is 10.0 Å². The first-order chi connectivity index (χ1) is 8.68. The van der Waals surface area contributed by atoms with Gasteiger partial charge < -0.3 is 10.6 Å². The Balaban J connectivity index is 2.76. The summed E-state index contributed by atoms with van der Waals surface area (Å²) < 4.78 is 26.9. The largest absolute Gasteiger partial charge is 0.326 e. The second-order valence-corrected chi connectivity index (χ2v) is 7.36. The molecule has 0 radical (unpaired) electrons. The van der Waals surface area contributed by atoms with Gasteiger partial charge in [0.2, 0.25) is 0 Å². The summed E-state index contributed by atoms with van der Waals surface area (Å²) in [5.74, 6) is 0. The van der Waals surface area contributed by atoms with Crippen molar-refractivity contribution in [2.45, 2.75) is 25.4 Å². The normalized spacial score (nSPS) is 13.2. The van der Waals surface area contributed by atoms with E-state index >= 15 is 0 Å². The number of H-pyrrole nitrogens is 1. The van der Waals surface area contributed by atoms with E-state index in [1.54, 1.807) is 0 Å². The van der Waals surface area contributed by atoms with Gasteiger partial charge in [0, 0.05) is 25.2 Å². The van der Waals surface area contributed by atoms with Gasteiger partial charge in [-0.2, -0.15) is 5.10 Å². The predicted octanol–water partition coefficient (Wildman–Crippen LogP) is -0.265. The van der Waals surface area contributed by atoms with Crippen molar-refractivity contribution < 1.29 is 8.42 Å². The SMILES string of the molecule is CN(C)CC(C)(C)CNS(=O)(=O)c1[nH]ncc1CN. The van der Waals surface area contributed by atoms with Crippen LogP contribution in [0.3, 0.4) is 0 Å². The van der Waals surface area contributed by atoms with E-state index in [1.807, 2.05) is 32.8 Å². The number of nitrogens with zero attached hydrogens (tertiary/aromatic N) is 2. The highest BCUT2D eigenvalue weighted by Crippen LogP contribution is 2.17. The van der Waals surface area contributed by atoms with Crippen molar-refractivity contribution in [3.05, 3.63) is 11.8 Å². The minimum absolute atomic E-state index is 0.0515. The lowest BCUT2D eigenvalue weighted by atomic mass is 9.93. The average molecular weight is 289 g/mol. The van der Waals surface area contributed by atoms with Gasteiger partial charge in [-0.05, 0) is 19.5 Å². The molecular weight excluding hydrogens is 266 g/mol. The molecular formula is C11H23N5O2S. The van der Waals surface area contributed by atoms with Crippen LogP contribution in [0.15, 0.2) is 11.2 Å². The third kappa shape index (κ3) is 4.57. The molecule has 4 N–H and O–H groups in total. The lowest BCUT2D eigenvalue weighted by molar-refractivity contribution is 0.242. The Morgan fingerprint density at radius 2 is 2.11 bits per heavy atom. The van der Waals surface area contributed by atoms with Gasteiger partial charge in [-0.1, -0.05) is 13.8 Å². The second kappa shape index (κ2) is 6.00. The smallest absolute Gasteiger partial charge is 0.257 e. The summed E-state index contributed by atoms with van der Waals surface area (Å²) in [6.45, 7) is 5.27. The fraction of sp³-hybridized carbons (Fsp3) is 0.727. The number of nitrogens with one attached hydrogen (secondary N) is 2. The molecule has 0 bridgehead atoms. The molecule has 0 aliphatic heterocycles. The van der Waals surface area contributed by atoms with Crippen molar-refractivity contribution in [2.75, 3.05) is 27.2 Å². The van der Waals surface area contributed by atoms with Crippen LogP contribution in [0.1, 0.15) is 19.4 Å². The third-order valence-electron chi connectivity index (χ3n) is 2.65. The molecule has 0 saturated carbocycles. The number of hydrogen-bond donors (Lipinski definition) is 3. The first-order valence-corrected chi connectivity index (χ1v) is 7.53. The minimum atomic E-state index is -3.60. The monoisotopic (exact) mass is 289 g/mol. The lowest BCUT2D eigenvalue weighted by Crippen LogP contribution is -2.40. The molecule has 7 nitrogen and oxygen atoms in total.